The molecular weight excluding hydrogens is 458 g/mol. The van der Waals surface area contributed by atoms with Gasteiger partial charge in [0.05, 0.1) is 19.2 Å². The van der Waals surface area contributed by atoms with E-state index in [0.29, 0.717) is 70.6 Å². The summed E-state index contributed by atoms with van der Waals surface area (Å²) in [6.45, 7) is 4.60. The van der Waals surface area contributed by atoms with Gasteiger partial charge >= 0.3 is 0 Å². The highest BCUT2D eigenvalue weighted by Crippen LogP contribution is 2.39. The summed E-state index contributed by atoms with van der Waals surface area (Å²) in [7, 11) is 4.77. The van der Waals surface area contributed by atoms with Gasteiger partial charge in [-0.05, 0) is 31.1 Å². The van der Waals surface area contributed by atoms with Crippen molar-refractivity contribution in [2.24, 2.45) is 0 Å². The van der Waals surface area contributed by atoms with Crippen molar-refractivity contribution in [3.63, 3.8) is 0 Å². The van der Waals surface area contributed by atoms with Gasteiger partial charge < -0.3 is 19.7 Å². The summed E-state index contributed by atoms with van der Waals surface area (Å²) in [5.41, 5.74) is 1.17. The van der Waals surface area contributed by atoms with E-state index in [1.807, 2.05) is 0 Å². The van der Waals surface area contributed by atoms with Gasteiger partial charge in [0, 0.05) is 55.0 Å². The largest absolute Gasteiger partial charge is 0.497 e. The zero-order valence-electron chi connectivity index (χ0n) is 19.3. The number of carbonyl (C=O) groups is 1. The average Bonchev–Trinajstić information content (AvgIpc) is 2.88. The second-order valence-electron chi connectivity index (χ2n) is 7.91. The molecule has 1 amide bonds. The molecule has 0 aliphatic carbocycles. The highest BCUT2D eigenvalue weighted by molar-refractivity contribution is 6.35. The number of rotatable bonds is 6. The van der Waals surface area contributed by atoms with Gasteiger partial charge in [-0.15, -0.1) is 0 Å². The van der Waals surface area contributed by atoms with Crippen LogP contribution in [0.1, 0.15) is 18.9 Å². The number of nitrogens with one attached hydrogen (secondary N) is 1. The van der Waals surface area contributed by atoms with Crippen LogP contribution >= 0.6 is 11.6 Å². The van der Waals surface area contributed by atoms with Crippen molar-refractivity contribution in [3.05, 3.63) is 52.4 Å². The molecule has 3 aromatic rings. The lowest BCUT2D eigenvalue weighted by Crippen LogP contribution is -2.40. The Balaban J connectivity index is 1.92. The quantitative estimate of drug-likeness (QED) is 0.535. The lowest BCUT2D eigenvalue weighted by Gasteiger charge is -2.33. The van der Waals surface area contributed by atoms with Crippen molar-refractivity contribution in [2.45, 2.75) is 18.9 Å². The Bertz CT molecular complexity index is 1310. The van der Waals surface area contributed by atoms with Crippen molar-refractivity contribution in [1.29, 1.82) is 0 Å². The van der Waals surface area contributed by atoms with E-state index in [4.69, 9.17) is 21.1 Å². The second-order valence-corrected chi connectivity index (χ2v) is 8.29. The summed E-state index contributed by atoms with van der Waals surface area (Å²) in [6, 6.07) is 4.96. The number of piperidine rings is 1. The van der Waals surface area contributed by atoms with Crippen LogP contribution in [-0.2, 0) is 4.79 Å². The first-order valence-corrected chi connectivity index (χ1v) is 11.2. The van der Waals surface area contributed by atoms with E-state index in [1.165, 1.54) is 20.3 Å². The van der Waals surface area contributed by atoms with Crippen molar-refractivity contribution >= 4 is 34.5 Å². The predicted molar refractivity (Wildman–Crippen MR) is 132 cm³/mol. The molecule has 34 heavy (non-hydrogen) atoms. The van der Waals surface area contributed by atoms with Crippen molar-refractivity contribution in [2.75, 3.05) is 39.7 Å². The molecule has 1 N–H and O–H groups in total. The number of nitrogens with zero attached hydrogens (tertiary/aromatic N) is 4. The summed E-state index contributed by atoms with van der Waals surface area (Å²) in [5, 5.41) is 3.93. The third-order valence-electron chi connectivity index (χ3n) is 6.07. The molecular formula is C24H26ClN5O4. The highest BCUT2D eigenvalue weighted by atomic mass is 35.5. The van der Waals surface area contributed by atoms with Gasteiger partial charge in [-0.2, -0.15) is 4.98 Å². The third-order valence-corrected chi connectivity index (χ3v) is 6.46. The fourth-order valence-electron chi connectivity index (χ4n) is 4.28. The second kappa shape index (κ2) is 9.72. The van der Waals surface area contributed by atoms with Crippen LogP contribution in [0.15, 0.2) is 41.8 Å². The molecule has 1 aliphatic rings. The van der Waals surface area contributed by atoms with Crippen LogP contribution in [0.5, 0.6) is 11.5 Å². The van der Waals surface area contributed by atoms with Crippen LogP contribution in [0.4, 0.5) is 5.95 Å². The van der Waals surface area contributed by atoms with Crippen LogP contribution < -0.4 is 20.3 Å². The molecule has 4 rings (SSSR count). The number of anilines is 1. The first-order chi connectivity index (χ1) is 16.4. The number of likely N-dealkylation sites (tertiary alicyclic amines) is 1. The topological polar surface area (TPSA) is 98.6 Å². The van der Waals surface area contributed by atoms with Crippen LogP contribution in [0, 0.1) is 0 Å². The van der Waals surface area contributed by atoms with Crippen molar-refractivity contribution in [1.82, 2.24) is 19.4 Å². The van der Waals surface area contributed by atoms with E-state index in [-0.39, 0.29) is 17.5 Å². The molecule has 1 fully saturated rings. The molecule has 0 spiro atoms. The number of aromatic nitrogens is 3. The fraction of sp³-hybridized carbons (Fsp3) is 0.333. The molecule has 3 heterocycles. The summed E-state index contributed by atoms with van der Waals surface area (Å²) >= 11 is 6.63. The minimum absolute atomic E-state index is 0.112. The van der Waals surface area contributed by atoms with Gasteiger partial charge in [0.25, 0.3) is 5.56 Å². The van der Waals surface area contributed by atoms with Gasteiger partial charge in [-0.3, -0.25) is 14.2 Å². The SMILES string of the molecule is C=CC(=O)N1CCC(n2c(=O)c(-c3cc(OC)cc(OC)c3Cl)cc3cnc(NC)nc32)CC1. The van der Waals surface area contributed by atoms with Gasteiger partial charge in [0.15, 0.2) is 0 Å². The standard InChI is InChI=1S/C24H26ClN5O4/c1-5-20(31)29-8-6-15(7-9-29)30-22-14(13-27-24(26-2)28-22)10-18(23(30)32)17-11-16(33-3)12-19(34-4)21(17)25/h5,10-13,15H,1,6-9H2,2-4H3,(H,26,27,28). The zero-order valence-corrected chi connectivity index (χ0v) is 20.1. The lowest BCUT2D eigenvalue weighted by molar-refractivity contribution is -0.127. The normalized spacial score (nSPS) is 14.2. The minimum atomic E-state index is -0.237. The molecule has 0 bridgehead atoms. The molecule has 10 heteroatoms. The molecule has 2 aromatic heterocycles. The first kappa shape index (κ1) is 23.6. The fourth-order valence-corrected chi connectivity index (χ4v) is 4.57. The smallest absolute Gasteiger partial charge is 0.260 e. The van der Waals surface area contributed by atoms with E-state index < -0.39 is 0 Å². The van der Waals surface area contributed by atoms with E-state index in [1.54, 1.807) is 40.9 Å². The average molecular weight is 484 g/mol. The molecule has 0 unspecified atom stereocenters. The predicted octanol–water partition coefficient (Wildman–Crippen LogP) is 3.52. The first-order valence-electron chi connectivity index (χ1n) is 10.8. The number of benzene rings is 1. The number of pyridine rings is 1. The Morgan fingerprint density at radius 3 is 2.56 bits per heavy atom. The molecule has 178 valence electrons. The van der Waals surface area contributed by atoms with Crippen LogP contribution in [-0.4, -0.2) is 59.7 Å². The Hall–Kier alpha value is -3.59. The Labute approximate surface area is 202 Å². The molecule has 0 atom stereocenters. The molecule has 1 saturated heterocycles. The molecule has 1 aromatic carbocycles. The maximum Gasteiger partial charge on any atom is 0.260 e. The summed E-state index contributed by atoms with van der Waals surface area (Å²) in [6.07, 6.45) is 4.20. The van der Waals surface area contributed by atoms with Gasteiger partial charge in [-0.25, -0.2) is 4.98 Å². The van der Waals surface area contributed by atoms with Crippen molar-refractivity contribution in [3.8, 4) is 22.6 Å². The van der Waals surface area contributed by atoms with Gasteiger partial charge in [0.1, 0.15) is 17.1 Å². The van der Waals surface area contributed by atoms with E-state index in [9.17, 15) is 9.59 Å². The number of fused-ring (bicyclic) bond motifs is 1. The highest BCUT2D eigenvalue weighted by Gasteiger charge is 2.27. The number of halogens is 1. The van der Waals surface area contributed by atoms with Crippen LogP contribution in [0.25, 0.3) is 22.2 Å². The Kier molecular flexibility index (Phi) is 6.74. The minimum Gasteiger partial charge on any atom is -0.497 e. The van der Waals surface area contributed by atoms with Crippen LogP contribution in [0.2, 0.25) is 5.02 Å². The molecule has 0 radical (unpaired) electrons. The number of hydrogen-bond acceptors (Lipinski definition) is 7. The van der Waals surface area contributed by atoms with E-state index in [2.05, 4.69) is 21.9 Å². The number of carbonyl (C=O) groups excluding carboxylic acids is 1. The number of amides is 1. The lowest BCUT2D eigenvalue weighted by atomic mass is 10.0. The van der Waals surface area contributed by atoms with E-state index >= 15 is 0 Å². The van der Waals surface area contributed by atoms with Crippen LogP contribution in [0.3, 0.4) is 0 Å². The number of ether oxygens (including phenoxy) is 2. The molecule has 1 aliphatic heterocycles. The summed E-state index contributed by atoms with van der Waals surface area (Å²) < 4.78 is 12.5. The van der Waals surface area contributed by atoms with Gasteiger partial charge in [0.2, 0.25) is 11.9 Å². The van der Waals surface area contributed by atoms with Gasteiger partial charge in [-0.1, -0.05) is 18.2 Å². The summed E-state index contributed by atoms with van der Waals surface area (Å²) in [5.74, 6) is 1.22. The number of methoxy groups -OCH3 is 2. The summed E-state index contributed by atoms with van der Waals surface area (Å²) in [4.78, 5) is 36.6. The molecule has 0 saturated carbocycles. The Morgan fingerprint density at radius 2 is 1.94 bits per heavy atom. The zero-order chi connectivity index (χ0) is 24.4. The van der Waals surface area contributed by atoms with E-state index in [0.717, 1.165) is 0 Å². The maximum absolute atomic E-state index is 14.0. The Morgan fingerprint density at radius 1 is 1.21 bits per heavy atom. The number of hydrogen-bond donors (Lipinski definition) is 1. The third kappa shape index (κ3) is 4.19. The molecule has 9 nitrogen and oxygen atoms in total. The monoisotopic (exact) mass is 483 g/mol. The maximum atomic E-state index is 14.0. The van der Waals surface area contributed by atoms with Crippen molar-refractivity contribution < 1.29 is 14.3 Å².